The molecule has 1 aromatic carbocycles. The third-order valence-electron chi connectivity index (χ3n) is 2.69. The first-order valence-electron chi connectivity index (χ1n) is 6.42. The van der Waals surface area contributed by atoms with Crippen LogP contribution >= 0.6 is 11.3 Å². The molecule has 2 rings (SSSR count). The zero-order chi connectivity index (χ0) is 14.4. The summed E-state index contributed by atoms with van der Waals surface area (Å²) in [7, 11) is 0. The molecular weight excluding hydrogens is 268 g/mol. The zero-order valence-corrected chi connectivity index (χ0v) is 12.1. The van der Waals surface area contributed by atoms with Crippen LogP contribution < -0.4 is 11.1 Å². The molecule has 1 aromatic heterocycles. The van der Waals surface area contributed by atoms with Gasteiger partial charge in [-0.3, -0.25) is 4.79 Å². The summed E-state index contributed by atoms with van der Waals surface area (Å²) in [6.45, 7) is 2.40. The van der Waals surface area contributed by atoms with Crippen molar-refractivity contribution in [3.05, 3.63) is 51.7 Å². The number of carbonyl (C=O) groups is 1. The predicted molar refractivity (Wildman–Crippen MR) is 84.0 cm³/mol. The fraction of sp³-hybridized carbons (Fsp3) is 0.188. The molecule has 1 amide bonds. The molecular formula is C16H16N2OS. The highest BCUT2D eigenvalue weighted by atomic mass is 32.1. The Hall–Kier alpha value is -2.09. The molecule has 3 nitrogen and oxygen atoms in total. The van der Waals surface area contributed by atoms with E-state index < -0.39 is 0 Å². The Morgan fingerprint density at radius 1 is 1.35 bits per heavy atom. The molecule has 0 aliphatic carbocycles. The number of aryl methyl sites for hydroxylation is 1. The topological polar surface area (TPSA) is 55.1 Å². The van der Waals surface area contributed by atoms with E-state index in [1.807, 2.05) is 36.4 Å². The number of benzene rings is 1. The summed E-state index contributed by atoms with van der Waals surface area (Å²) >= 11 is 1.52. The monoisotopic (exact) mass is 284 g/mol. The number of nitrogens with two attached hydrogens (primary N) is 1. The summed E-state index contributed by atoms with van der Waals surface area (Å²) < 4.78 is 0. The molecule has 20 heavy (non-hydrogen) atoms. The Morgan fingerprint density at radius 3 is 2.90 bits per heavy atom. The fourth-order valence-electron chi connectivity index (χ4n) is 1.71. The molecule has 0 saturated heterocycles. The van der Waals surface area contributed by atoms with Crippen LogP contribution in [0.1, 0.15) is 27.0 Å². The fourth-order valence-corrected chi connectivity index (χ4v) is 2.55. The number of nitrogens with one attached hydrogen (secondary N) is 1. The second-order valence-corrected chi connectivity index (χ2v) is 5.33. The van der Waals surface area contributed by atoms with Crippen LogP contribution in [-0.4, -0.2) is 12.5 Å². The van der Waals surface area contributed by atoms with Crippen LogP contribution in [0, 0.1) is 11.8 Å². The van der Waals surface area contributed by atoms with Crippen molar-refractivity contribution in [3.8, 4) is 11.8 Å². The van der Waals surface area contributed by atoms with Crippen LogP contribution in [0.25, 0.3) is 0 Å². The van der Waals surface area contributed by atoms with Gasteiger partial charge in [-0.2, -0.15) is 0 Å². The number of anilines is 1. The lowest BCUT2D eigenvalue weighted by Crippen LogP contribution is -2.10. The van der Waals surface area contributed by atoms with Gasteiger partial charge in [-0.05, 0) is 36.8 Å². The number of thiophene rings is 1. The van der Waals surface area contributed by atoms with Crippen molar-refractivity contribution in [2.75, 3.05) is 11.9 Å². The van der Waals surface area contributed by atoms with Crippen molar-refractivity contribution in [1.29, 1.82) is 0 Å². The number of rotatable bonds is 3. The SMILES string of the molecule is CCc1ccc(C(=O)Nc2cccc(C#CCN)c2)s1. The van der Waals surface area contributed by atoms with Crippen molar-refractivity contribution >= 4 is 22.9 Å². The first-order valence-corrected chi connectivity index (χ1v) is 7.23. The Kier molecular flexibility index (Phi) is 4.94. The van der Waals surface area contributed by atoms with E-state index in [1.165, 1.54) is 16.2 Å². The van der Waals surface area contributed by atoms with Gasteiger partial charge in [0.2, 0.25) is 0 Å². The largest absolute Gasteiger partial charge is 0.321 e. The minimum absolute atomic E-state index is 0.0846. The van der Waals surface area contributed by atoms with Gasteiger partial charge in [0.05, 0.1) is 11.4 Å². The molecule has 2 aromatic rings. The Balaban J connectivity index is 2.11. The molecule has 0 bridgehead atoms. The van der Waals surface area contributed by atoms with Crippen molar-refractivity contribution in [2.24, 2.45) is 5.73 Å². The highest BCUT2D eigenvalue weighted by Crippen LogP contribution is 2.19. The predicted octanol–water partition coefficient (Wildman–Crippen LogP) is 2.87. The smallest absolute Gasteiger partial charge is 0.265 e. The van der Waals surface area contributed by atoms with Crippen molar-refractivity contribution in [2.45, 2.75) is 13.3 Å². The highest BCUT2D eigenvalue weighted by Gasteiger charge is 2.09. The van der Waals surface area contributed by atoms with Crippen LogP contribution in [0.4, 0.5) is 5.69 Å². The number of hydrogen-bond donors (Lipinski definition) is 2. The van der Waals surface area contributed by atoms with E-state index in [9.17, 15) is 4.79 Å². The second kappa shape index (κ2) is 6.90. The summed E-state index contributed by atoms with van der Waals surface area (Å²) in [5.41, 5.74) is 6.93. The minimum Gasteiger partial charge on any atom is -0.321 e. The summed E-state index contributed by atoms with van der Waals surface area (Å²) in [6.07, 6.45) is 0.947. The average Bonchev–Trinajstić information content (AvgIpc) is 2.94. The van der Waals surface area contributed by atoms with Gasteiger partial charge >= 0.3 is 0 Å². The van der Waals surface area contributed by atoms with Gasteiger partial charge < -0.3 is 11.1 Å². The number of amides is 1. The first-order chi connectivity index (χ1) is 9.72. The van der Waals surface area contributed by atoms with Gasteiger partial charge in [0.1, 0.15) is 0 Å². The third kappa shape index (κ3) is 3.70. The van der Waals surface area contributed by atoms with Gasteiger partial charge in [0.25, 0.3) is 5.91 Å². The van der Waals surface area contributed by atoms with E-state index in [2.05, 4.69) is 24.1 Å². The Morgan fingerprint density at radius 2 is 2.20 bits per heavy atom. The van der Waals surface area contributed by atoms with E-state index in [1.54, 1.807) is 0 Å². The molecule has 0 atom stereocenters. The average molecular weight is 284 g/mol. The van der Waals surface area contributed by atoms with E-state index in [-0.39, 0.29) is 5.91 Å². The maximum atomic E-state index is 12.1. The molecule has 4 heteroatoms. The van der Waals surface area contributed by atoms with Gasteiger partial charge in [0, 0.05) is 16.1 Å². The maximum absolute atomic E-state index is 12.1. The van der Waals surface area contributed by atoms with Crippen LogP contribution in [0.2, 0.25) is 0 Å². The molecule has 0 fully saturated rings. The molecule has 1 heterocycles. The van der Waals surface area contributed by atoms with Crippen molar-refractivity contribution in [3.63, 3.8) is 0 Å². The lowest BCUT2D eigenvalue weighted by atomic mass is 10.2. The highest BCUT2D eigenvalue weighted by molar-refractivity contribution is 7.14. The number of hydrogen-bond acceptors (Lipinski definition) is 3. The van der Waals surface area contributed by atoms with E-state index >= 15 is 0 Å². The van der Waals surface area contributed by atoms with Gasteiger partial charge in [-0.25, -0.2) is 0 Å². The van der Waals surface area contributed by atoms with Crippen molar-refractivity contribution in [1.82, 2.24) is 0 Å². The van der Waals surface area contributed by atoms with E-state index in [0.717, 1.165) is 22.5 Å². The maximum Gasteiger partial charge on any atom is 0.265 e. The Bertz CT molecular complexity index is 664. The molecule has 0 unspecified atom stereocenters. The third-order valence-corrected chi connectivity index (χ3v) is 3.92. The van der Waals surface area contributed by atoms with Crippen LogP contribution in [0.5, 0.6) is 0 Å². The van der Waals surface area contributed by atoms with E-state index in [0.29, 0.717) is 6.54 Å². The Labute approximate surface area is 122 Å². The summed E-state index contributed by atoms with van der Waals surface area (Å²) in [6, 6.07) is 11.3. The quantitative estimate of drug-likeness (QED) is 0.852. The van der Waals surface area contributed by atoms with Crippen LogP contribution in [0.3, 0.4) is 0 Å². The second-order valence-electron chi connectivity index (χ2n) is 4.16. The normalized spacial score (nSPS) is 9.70. The standard InChI is InChI=1S/C16H16N2OS/c1-2-14-8-9-15(20-14)16(19)18-13-7-3-5-12(11-13)6-4-10-17/h3,5,7-9,11H,2,10,17H2,1H3,(H,18,19). The zero-order valence-electron chi connectivity index (χ0n) is 11.3. The summed E-state index contributed by atoms with van der Waals surface area (Å²) in [5.74, 6) is 5.66. The van der Waals surface area contributed by atoms with Gasteiger partial charge in [0.15, 0.2) is 0 Å². The molecule has 0 aliphatic heterocycles. The molecule has 0 spiro atoms. The first kappa shape index (κ1) is 14.3. The minimum atomic E-state index is -0.0846. The lowest BCUT2D eigenvalue weighted by molar-refractivity contribution is 0.103. The van der Waals surface area contributed by atoms with E-state index in [4.69, 9.17) is 5.73 Å². The summed E-state index contributed by atoms with van der Waals surface area (Å²) in [5, 5.41) is 2.88. The molecule has 0 radical (unpaired) electrons. The molecule has 0 saturated carbocycles. The molecule has 102 valence electrons. The van der Waals surface area contributed by atoms with Gasteiger partial charge in [-0.1, -0.05) is 24.8 Å². The molecule has 0 aliphatic rings. The summed E-state index contributed by atoms with van der Waals surface area (Å²) in [4.78, 5) is 14.0. The van der Waals surface area contributed by atoms with Crippen LogP contribution in [-0.2, 0) is 6.42 Å². The molecule has 3 N–H and O–H groups in total. The van der Waals surface area contributed by atoms with Crippen LogP contribution in [0.15, 0.2) is 36.4 Å². The number of carbonyl (C=O) groups excluding carboxylic acids is 1. The van der Waals surface area contributed by atoms with Crippen molar-refractivity contribution < 1.29 is 4.79 Å². The van der Waals surface area contributed by atoms with Gasteiger partial charge in [-0.15, -0.1) is 11.3 Å². The lowest BCUT2D eigenvalue weighted by Gasteiger charge is -2.03.